The molecule has 0 radical (unpaired) electrons. The molecule has 0 amide bonds. The minimum atomic E-state index is -2.70. The van der Waals surface area contributed by atoms with Gasteiger partial charge in [0.15, 0.2) is 0 Å². The van der Waals surface area contributed by atoms with Crippen LogP contribution >= 0.6 is 35.7 Å². The first-order chi connectivity index (χ1) is 12.3. The summed E-state index contributed by atoms with van der Waals surface area (Å²) in [5.41, 5.74) is -1.67. The van der Waals surface area contributed by atoms with Gasteiger partial charge in [0.2, 0.25) is 0 Å². The fourth-order valence-corrected chi connectivity index (χ4v) is 7.23. The number of thiol groups is 1. The molecule has 0 aromatic heterocycles. The van der Waals surface area contributed by atoms with E-state index in [0.29, 0.717) is 18.5 Å². The van der Waals surface area contributed by atoms with E-state index in [9.17, 15) is 4.57 Å². The van der Waals surface area contributed by atoms with Crippen molar-refractivity contribution >= 4 is 47.5 Å². The maximum Gasteiger partial charge on any atom is 0.300 e. The van der Waals surface area contributed by atoms with Crippen LogP contribution in [0, 0.1) is 0 Å². The third-order valence-electron chi connectivity index (χ3n) is 3.09. The highest BCUT2D eigenvalue weighted by molar-refractivity contribution is 8.69. The van der Waals surface area contributed by atoms with Crippen molar-refractivity contribution in [2.45, 2.75) is 25.7 Å². The highest BCUT2D eigenvalue weighted by atomic mass is 32.9. The van der Waals surface area contributed by atoms with Gasteiger partial charge in [0.05, 0.1) is 0 Å². The van der Waals surface area contributed by atoms with Crippen molar-refractivity contribution in [3.63, 3.8) is 0 Å². The minimum Gasteiger partial charge on any atom is -0.436 e. The van der Waals surface area contributed by atoms with Crippen LogP contribution in [0.25, 0.3) is 0 Å². The first-order valence-electron chi connectivity index (χ1n) is 8.38. The fourth-order valence-electron chi connectivity index (χ4n) is 1.73. The van der Waals surface area contributed by atoms with E-state index >= 15 is 0 Å². The molecule has 0 bridgehead atoms. The van der Waals surface area contributed by atoms with Crippen molar-refractivity contribution in [3.8, 4) is 5.75 Å². The summed E-state index contributed by atoms with van der Waals surface area (Å²) < 4.78 is 22.2. The number of rotatable bonds is 8. The van der Waals surface area contributed by atoms with Crippen molar-refractivity contribution in [1.82, 2.24) is 0 Å². The molecule has 26 heavy (non-hydrogen) atoms. The summed E-state index contributed by atoms with van der Waals surface area (Å²) in [7, 11) is 0. The summed E-state index contributed by atoms with van der Waals surface area (Å²) >= 11 is 11.2. The van der Waals surface area contributed by atoms with Gasteiger partial charge in [-0.1, -0.05) is 85.7 Å². The molecule has 2 aromatic carbocycles. The molecule has 2 rings (SSSR count). The lowest BCUT2D eigenvalue weighted by Crippen LogP contribution is -1.88. The van der Waals surface area contributed by atoms with Gasteiger partial charge in [-0.2, -0.15) is 0 Å². The van der Waals surface area contributed by atoms with Gasteiger partial charge < -0.3 is 9.05 Å². The predicted octanol–water partition coefficient (Wildman–Crippen LogP) is 7.35. The zero-order chi connectivity index (χ0) is 19.5. The Morgan fingerprint density at radius 2 is 1.50 bits per heavy atom. The van der Waals surface area contributed by atoms with E-state index in [2.05, 4.69) is 31.3 Å². The van der Waals surface area contributed by atoms with Gasteiger partial charge in [0, 0.05) is 23.8 Å². The highest BCUT2D eigenvalue weighted by Crippen LogP contribution is 2.62. The summed E-state index contributed by atoms with van der Waals surface area (Å²) in [5, 5.41) is 0. The van der Waals surface area contributed by atoms with Crippen molar-refractivity contribution in [3.05, 3.63) is 60.7 Å². The largest absolute Gasteiger partial charge is 0.436 e. The second-order valence-corrected chi connectivity index (χ2v) is 16.6. The Labute approximate surface area is 171 Å². The molecule has 0 aliphatic carbocycles. The van der Waals surface area contributed by atoms with Gasteiger partial charge in [-0.3, -0.25) is 4.57 Å². The van der Waals surface area contributed by atoms with Gasteiger partial charge in [-0.05, 0) is 31.2 Å². The molecule has 0 aliphatic heterocycles. The Morgan fingerprint density at radius 3 is 1.96 bits per heavy atom. The van der Waals surface area contributed by atoms with E-state index in [0.717, 1.165) is 6.16 Å². The third-order valence-corrected chi connectivity index (χ3v) is 12.0. The first kappa shape index (κ1) is 23.8. The van der Waals surface area contributed by atoms with Gasteiger partial charge in [-0.25, -0.2) is 0 Å². The topological polar surface area (TPSA) is 35.5 Å². The van der Waals surface area contributed by atoms with Crippen molar-refractivity contribution in [1.29, 1.82) is 0 Å². The molecule has 2 atom stereocenters. The van der Waals surface area contributed by atoms with Gasteiger partial charge >= 0.3 is 0 Å². The van der Waals surface area contributed by atoms with Crippen molar-refractivity contribution in [2.75, 3.05) is 18.9 Å². The molecule has 0 saturated heterocycles. The van der Waals surface area contributed by atoms with Gasteiger partial charge in [0.1, 0.15) is 11.2 Å². The molecular formula is C18H26O3P2S3. The van der Waals surface area contributed by atoms with Crippen molar-refractivity contribution < 1.29 is 13.6 Å². The summed E-state index contributed by atoms with van der Waals surface area (Å²) in [6.45, 7) is 3.91. The van der Waals surface area contributed by atoms with Crippen molar-refractivity contribution in [2.24, 2.45) is 0 Å². The average molecular weight is 449 g/mol. The smallest absolute Gasteiger partial charge is 0.300 e. The second kappa shape index (κ2) is 12.3. The van der Waals surface area contributed by atoms with E-state index in [1.54, 1.807) is 30.4 Å². The van der Waals surface area contributed by atoms with Crippen LogP contribution < -0.4 is 4.52 Å². The van der Waals surface area contributed by atoms with E-state index in [1.807, 2.05) is 43.3 Å². The number of benzene rings is 2. The second-order valence-electron chi connectivity index (χ2n) is 5.11. The quantitative estimate of drug-likeness (QED) is 0.337. The maximum absolute atomic E-state index is 11.4. The van der Waals surface area contributed by atoms with Crippen LogP contribution in [-0.2, 0) is 20.9 Å². The number of para-hydroxylation sites is 1. The SMILES string of the molecule is CCOP(=S)(CC)Sc1ccccc1.CCP(=O)(S)Oc1ccccc1. The Bertz CT molecular complexity index is 727. The standard InChI is InChI=1S/C10H15OPS2.C8H11O2PS/c1-3-11-12(13,4-2)14-10-8-6-5-7-9-10;1-2-11(9,12)10-8-6-4-3-5-7-8/h5-9H,3-4H2,1-2H3;3-7H,2H2,1H3,(H,9,12). The summed E-state index contributed by atoms with van der Waals surface area (Å²) in [5.74, 6) is 0.609. The van der Waals surface area contributed by atoms with Crippen LogP contribution in [0.3, 0.4) is 0 Å². The van der Waals surface area contributed by atoms with Gasteiger partial charge in [0.25, 0.3) is 6.57 Å². The Kier molecular flexibility index (Phi) is 11.2. The Morgan fingerprint density at radius 1 is 0.962 bits per heavy atom. The normalized spacial score (nSPS) is 15.1. The molecule has 2 unspecified atom stereocenters. The summed E-state index contributed by atoms with van der Waals surface area (Å²) in [4.78, 5) is 1.21. The molecule has 8 heteroatoms. The van der Waals surface area contributed by atoms with E-state index in [-0.39, 0.29) is 0 Å². The molecular weight excluding hydrogens is 422 g/mol. The monoisotopic (exact) mass is 448 g/mol. The van der Waals surface area contributed by atoms with Crippen LogP contribution in [0.4, 0.5) is 0 Å². The molecule has 144 valence electrons. The lowest BCUT2D eigenvalue weighted by Gasteiger charge is -2.18. The van der Waals surface area contributed by atoms with E-state index in [4.69, 9.17) is 20.9 Å². The van der Waals surface area contributed by atoms with Crippen LogP contribution in [0.15, 0.2) is 65.6 Å². The Hall–Kier alpha value is -0.220. The van der Waals surface area contributed by atoms with Crippen LogP contribution in [0.1, 0.15) is 20.8 Å². The van der Waals surface area contributed by atoms with E-state index in [1.165, 1.54) is 4.90 Å². The molecule has 0 fully saturated rings. The molecule has 0 spiro atoms. The maximum atomic E-state index is 11.4. The third kappa shape index (κ3) is 9.64. The minimum absolute atomic E-state index is 0.436. The zero-order valence-corrected chi connectivity index (χ0v) is 19.6. The summed E-state index contributed by atoms with van der Waals surface area (Å²) in [6, 6.07) is 19.3. The van der Waals surface area contributed by atoms with Gasteiger partial charge in [-0.15, -0.1) is 0 Å². The predicted molar refractivity (Wildman–Crippen MR) is 123 cm³/mol. The average Bonchev–Trinajstić information content (AvgIpc) is 2.64. The Balaban J connectivity index is 0.000000263. The van der Waals surface area contributed by atoms with Crippen LogP contribution in [0.2, 0.25) is 0 Å². The lowest BCUT2D eigenvalue weighted by molar-refractivity contribution is 0.385. The van der Waals surface area contributed by atoms with Crippen LogP contribution in [0.5, 0.6) is 5.75 Å². The zero-order valence-electron chi connectivity index (χ0n) is 15.3. The lowest BCUT2D eigenvalue weighted by atomic mass is 10.3. The number of hydrogen-bond donors (Lipinski definition) is 1. The molecule has 3 nitrogen and oxygen atoms in total. The molecule has 2 aromatic rings. The highest BCUT2D eigenvalue weighted by Gasteiger charge is 2.16. The fraction of sp³-hybridized carbons (Fsp3) is 0.333. The molecule has 0 N–H and O–H groups in total. The molecule has 0 heterocycles. The summed E-state index contributed by atoms with van der Waals surface area (Å²) in [6.07, 6.45) is 1.38. The number of hydrogen-bond acceptors (Lipinski definition) is 5. The first-order valence-corrected chi connectivity index (χ1v) is 15.7. The van der Waals surface area contributed by atoms with E-state index < -0.39 is 12.0 Å². The van der Waals surface area contributed by atoms with Crippen LogP contribution in [-0.4, -0.2) is 18.9 Å². The molecule has 0 saturated carbocycles. The molecule has 0 aliphatic rings.